The fraction of sp³-hybridized carbons (Fsp3) is 0.312. The number of benzene rings is 2. The summed E-state index contributed by atoms with van der Waals surface area (Å²) < 4.78 is 28.6. The van der Waals surface area contributed by atoms with Crippen molar-refractivity contribution in [3.05, 3.63) is 102 Å². The Morgan fingerprint density at radius 1 is 1.05 bits per heavy atom. The van der Waals surface area contributed by atoms with Gasteiger partial charge in [-0.15, -0.1) is 0 Å². The Hall–Kier alpha value is -4.70. The van der Waals surface area contributed by atoms with E-state index in [0.29, 0.717) is 4.90 Å². The van der Waals surface area contributed by atoms with Gasteiger partial charge in [-0.3, -0.25) is 9.59 Å². The second-order valence-corrected chi connectivity index (χ2v) is 9.91. The Balaban J connectivity index is 1.63. The first-order valence-corrected chi connectivity index (χ1v) is 13.5. The molecule has 42 heavy (non-hydrogen) atoms. The van der Waals surface area contributed by atoms with E-state index in [2.05, 4.69) is 11.6 Å². The summed E-state index contributed by atoms with van der Waals surface area (Å²) in [4.78, 5) is 45.5. The van der Waals surface area contributed by atoms with Crippen LogP contribution >= 0.6 is 0 Å². The van der Waals surface area contributed by atoms with Gasteiger partial charge in [0.2, 0.25) is 0 Å². The molecule has 1 aliphatic rings. The van der Waals surface area contributed by atoms with Gasteiger partial charge in [0.15, 0.2) is 23.9 Å². The van der Waals surface area contributed by atoms with Crippen LogP contribution < -0.4 is 9.47 Å². The highest BCUT2D eigenvalue weighted by Gasteiger charge is 2.41. The monoisotopic (exact) mass is 574 g/mol. The van der Waals surface area contributed by atoms with Gasteiger partial charge in [0, 0.05) is 12.3 Å². The lowest BCUT2D eigenvalue weighted by Gasteiger charge is -2.29. The quantitative estimate of drug-likeness (QED) is 0.245. The molecule has 0 N–H and O–H groups in total. The van der Waals surface area contributed by atoms with Crippen molar-refractivity contribution in [2.24, 2.45) is 5.92 Å². The number of esters is 1. The van der Waals surface area contributed by atoms with E-state index in [0.717, 1.165) is 16.7 Å². The summed E-state index contributed by atoms with van der Waals surface area (Å²) in [6.45, 7) is 6.82. The van der Waals surface area contributed by atoms with E-state index in [1.54, 1.807) is 13.8 Å². The lowest BCUT2D eigenvalue weighted by molar-refractivity contribution is -0.158. The van der Waals surface area contributed by atoms with Gasteiger partial charge in [0.05, 0.1) is 19.6 Å². The van der Waals surface area contributed by atoms with Crippen LogP contribution in [0.2, 0.25) is 0 Å². The van der Waals surface area contributed by atoms with Crippen LogP contribution in [0.3, 0.4) is 0 Å². The summed E-state index contributed by atoms with van der Waals surface area (Å²) in [5.74, 6) is -2.09. The maximum Gasteiger partial charge on any atom is 0.420 e. The van der Waals surface area contributed by atoms with Crippen LogP contribution in [-0.2, 0) is 32.0 Å². The molecule has 3 aromatic rings. The van der Waals surface area contributed by atoms with Crippen molar-refractivity contribution in [2.45, 2.75) is 39.1 Å². The van der Waals surface area contributed by atoms with Crippen molar-refractivity contribution >= 4 is 18.0 Å². The lowest BCUT2D eigenvalue weighted by Crippen LogP contribution is -2.43. The average Bonchev–Trinajstić information content (AvgIpc) is 3.03. The third-order valence-electron chi connectivity index (χ3n) is 6.59. The highest BCUT2D eigenvalue weighted by Crippen LogP contribution is 2.32. The summed E-state index contributed by atoms with van der Waals surface area (Å²) in [5, 5.41) is 0. The molecule has 4 rings (SSSR count). The minimum Gasteiger partial charge on any atom is -0.493 e. The molecule has 1 aromatic heterocycles. The Bertz CT molecular complexity index is 1400. The molecule has 1 saturated heterocycles. The zero-order valence-corrected chi connectivity index (χ0v) is 23.9. The van der Waals surface area contributed by atoms with Crippen LogP contribution in [0.15, 0.2) is 85.1 Å². The van der Waals surface area contributed by atoms with Crippen LogP contribution in [0.25, 0.3) is 0 Å². The number of amides is 2. The molecule has 0 bridgehead atoms. The van der Waals surface area contributed by atoms with E-state index in [1.807, 2.05) is 60.7 Å². The third kappa shape index (κ3) is 7.52. The first-order valence-electron chi connectivity index (χ1n) is 13.5. The van der Waals surface area contributed by atoms with Crippen LogP contribution in [0.4, 0.5) is 4.79 Å². The molecular weight excluding hydrogens is 540 g/mol. The summed E-state index contributed by atoms with van der Waals surface area (Å²) in [5.41, 5.74) is 2.23. The van der Waals surface area contributed by atoms with Crippen LogP contribution in [0.1, 0.15) is 35.5 Å². The Labute approximate surface area is 244 Å². The second kappa shape index (κ2) is 14.3. The van der Waals surface area contributed by atoms with Gasteiger partial charge in [-0.2, -0.15) is 0 Å². The third-order valence-corrected chi connectivity index (χ3v) is 6.59. The zero-order valence-electron chi connectivity index (χ0n) is 23.9. The average molecular weight is 575 g/mol. The van der Waals surface area contributed by atoms with Gasteiger partial charge in [-0.1, -0.05) is 72.8 Å². The number of pyridine rings is 1. The minimum atomic E-state index is -1.02. The molecule has 3 atom stereocenters. The van der Waals surface area contributed by atoms with Gasteiger partial charge in [0.1, 0.15) is 18.8 Å². The first kappa shape index (κ1) is 30.3. The predicted octanol–water partition coefficient (Wildman–Crippen LogP) is 4.97. The number of aromatic nitrogens is 1. The number of cyclic esters (lactones) is 2. The fourth-order valence-corrected chi connectivity index (χ4v) is 4.48. The molecule has 220 valence electrons. The normalized spacial score (nSPS) is 19.0. The number of nitrogens with zero attached hydrogens (tertiary/aromatic N) is 2. The summed E-state index contributed by atoms with van der Waals surface area (Å²) >= 11 is 0. The predicted molar refractivity (Wildman–Crippen MR) is 153 cm³/mol. The van der Waals surface area contributed by atoms with Crippen LogP contribution in [-0.4, -0.2) is 60.5 Å². The number of methoxy groups -OCH3 is 1. The van der Waals surface area contributed by atoms with Crippen molar-refractivity contribution < 1.29 is 38.1 Å². The van der Waals surface area contributed by atoms with Crippen LogP contribution in [0.5, 0.6) is 11.5 Å². The van der Waals surface area contributed by atoms with E-state index < -0.39 is 42.8 Å². The smallest absolute Gasteiger partial charge is 0.420 e. The molecule has 0 saturated carbocycles. The molecule has 1 fully saturated rings. The number of hydrogen-bond acceptors (Lipinski definition) is 9. The van der Waals surface area contributed by atoms with E-state index in [-0.39, 0.29) is 36.8 Å². The summed E-state index contributed by atoms with van der Waals surface area (Å²) in [6, 6.07) is 20.2. The molecule has 10 nitrogen and oxygen atoms in total. The van der Waals surface area contributed by atoms with Gasteiger partial charge >= 0.3 is 12.1 Å². The Morgan fingerprint density at radius 3 is 2.36 bits per heavy atom. The van der Waals surface area contributed by atoms with E-state index >= 15 is 0 Å². The number of hydrogen-bond donors (Lipinski definition) is 0. The number of carbonyl (C=O) groups excluding carboxylic acids is 3. The molecule has 2 aromatic carbocycles. The van der Waals surface area contributed by atoms with E-state index in [1.165, 1.54) is 19.4 Å². The molecule has 10 heteroatoms. The topological polar surface area (TPSA) is 113 Å². The molecule has 1 aliphatic heterocycles. The second-order valence-electron chi connectivity index (χ2n) is 9.91. The fourth-order valence-electron chi connectivity index (χ4n) is 4.48. The van der Waals surface area contributed by atoms with E-state index in [9.17, 15) is 14.4 Å². The van der Waals surface area contributed by atoms with Gasteiger partial charge in [-0.25, -0.2) is 14.7 Å². The molecule has 0 unspecified atom stereocenters. The van der Waals surface area contributed by atoms with Crippen molar-refractivity contribution in [3.63, 3.8) is 0 Å². The van der Waals surface area contributed by atoms with E-state index in [4.69, 9.17) is 23.7 Å². The molecular formula is C32H34N2O8. The summed E-state index contributed by atoms with van der Waals surface area (Å²) in [6.07, 6.45) is -1.18. The standard InChI is InChI=1S/C32H34N2O8/c1-21(2)18-39-28-22(3)42-32(37)34(20-41-31(36)25(28)17-23-11-7-5-8-12-23)30(35)27-29(26(38-4)15-16-33-27)40-19-24-13-9-6-10-14-24/h5-16,22,25,28H,1,17-20H2,2-4H3/t22-,25+,28-/m0/s1. The van der Waals surface area contributed by atoms with Crippen LogP contribution in [0, 0.1) is 5.92 Å². The SMILES string of the molecule is C=C(C)CO[C@H]1[C@H](C)OC(=O)N(C(=O)c2nccc(OC)c2OCc2ccccc2)COC(=O)[C@@H]1Cc1ccccc1. The maximum atomic E-state index is 13.8. The van der Waals surface area contributed by atoms with Crippen molar-refractivity contribution in [1.82, 2.24) is 9.88 Å². The number of carbonyl (C=O) groups is 3. The molecule has 2 heterocycles. The minimum absolute atomic E-state index is 0.0329. The largest absolute Gasteiger partial charge is 0.493 e. The van der Waals surface area contributed by atoms with Gasteiger partial charge < -0.3 is 23.7 Å². The molecule has 2 amide bonds. The van der Waals surface area contributed by atoms with Gasteiger partial charge in [0.25, 0.3) is 5.91 Å². The first-order chi connectivity index (χ1) is 20.3. The number of imide groups is 1. The number of ether oxygens (including phenoxy) is 5. The highest BCUT2D eigenvalue weighted by atomic mass is 16.6. The molecule has 0 aliphatic carbocycles. The lowest BCUT2D eigenvalue weighted by atomic mass is 9.91. The van der Waals surface area contributed by atoms with Crippen molar-refractivity contribution in [2.75, 3.05) is 20.4 Å². The summed E-state index contributed by atoms with van der Waals surface area (Å²) in [7, 11) is 1.43. The van der Waals surface area contributed by atoms with Crippen molar-refractivity contribution in [3.8, 4) is 11.5 Å². The van der Waals surface area contributed by atoms with Crippen molar-refractivity contribution in [1.29, 1.82) is 0 Å². The Morgan fingerprint density at radius 2 is 1.71 bits per heavy atom. The maximum absolute atomic E-state index is 13.8. The zero-order chi connectivity index (χ0) is 30.1. The highest BCUT2D eigenvalue weighted by molar-refractivity contribution is 6.04. The van der Waals surface area contributed by atoms with Gasteiger partial charge in [-0.05, 0) is 31.4 Å². The number of rotatable bonds is 10. The molecule has 0 spiro atoms. The Kier molecular flexibility index (Phi) is 10.3. The molecule has 0 radical (unpaired) electrons.